The number of amides is 1. The number of hydrogen-bond donors (Lipinski definition) is 1. The summed E-state index contributed by atoms with van der Waals surface area (Å²) >= 11 is 9.32. The summed E-state index contributed by atoms with van der Waals surface area (Å²) < 4.78 is 12.8. The molecule has 0 spiro atoms. The van der Waals surface area contributed by atoms with Crippen LogP contribution in [-0.2, 0) is 11.2 Å². The summed E-state index contributed by atoms with van der Waals surface area (Å²) in [5, 5.41) is 6.28. The molecule has 0 aliphatic rings. The number of benzene rings is 2. The molecule has 3 nitrogen and oxygen atoms in total. The second-order valence-electron chi connectivity index (χ2n) is 5.81. The SMILES string of the molecule is O=C(Cc1csc(-c2ccccc2Cl)n1)NCCCSc1ccc(F)cc1. The molecule has 1 amide bonds. The zero-order valence-electron chi connectivity index (χ0n) is 14.5. The van der Waals surface area contributed by atoms with E-state index in [9.17, 15) is 9.18 Å². The van der Waals surface area contributed by atoms with Gasteiger partial charge in [-0.15, -0.1) is 23.1 Å². The lowest BCUT2D eigenvalue weighted by atomic mass is 10.2. The van der Waals surface area contributed by atoms with E-state index in [0.717, 1.165) is 33.3 Å². The van der Waals surface area contributed by atoms with Crippen LogP contribution in [0.1, 0.15) is 12.1 Å². The number of halogens is 2. The first-order valence-electron chi connectivity index (χ1n) is 8.46. The number of nitrogens with one attached hydrogen (secondary N) is 1. The molecule has 0 aliphatic heterocycles. The van der Waals surface area contributed by atoms with Crippen LogP contribution in [0.5, 0.6) is 0 Å². The van der Waals surface area contributed by atoms with E-state index < -0.39 is 0 Å². The molecule has 0 unspecified atom stereocenters. The van der Waals surface area contributed by atoms with Crippen LogP contribution in [0, 0.1) is 5.82 Å². The fraction of sp³-hybridized carbons (Fsp3) is 0.200. The lowest BCUT2D eigenvalue weighted by Gasteiger charge is -2.04. The summed E-state index contributed by atoms with van der Waals surface area (Å²) in [6.45, 7) is 0.606. The van der Waals surface area contributed by atoms with Gasteiger partial charge >= 0.3 is 0 Å². The Morgan fingerprint density at radius 2 is 1.96 bits per heavy atom. The lowest BCUT2D eigenvalue weighted by Crippen LogP contribution is -2.26. The highest BCUT2D eigenvalue weighted by Gasteiger charge is 2.10. The fourth-order valence-corrected chi connectivity index (χ4v) is 4.39. The van der Waals surface area contributed by atoms with E-state index in [0.29, 0.717) is 11.6 Å². The van der Waals surface area contributed by atoms with Gasteiger partial charge in [0.2, 0.25) is 5.91 Å². The number of hydrogen-bond acceptors (Lipinski definition) is 4. The molecule has 0 fully saturated rings. The summed E-state index contributed by atoms with van der Waals surface area (Å²) in [5.41, 5.74) is 1.63. The molecule has 0 radical (unpaired) electrons. The van der Waals surface area contributed by atoms with Crippen molar-refractivity contribution in [2.24, 2.45) is 0 Å². The molecule has 3 aromatic rings. The largest absolute Gasteiger partial charge is 0.356 e. The number of carbonyl (C=O) groups excluding carboxylic acids is 1. The van der Waals surface area contributed by atoms with Crippen LogP contribution in [0.4, 0.5) is 4.39 Å². The van der Waals surface area contributed by atoms with Crippen molar-refractivity contribution in [3.63, 3.8) is 0 Å². The summed E-state index contributed by atoms with van der Waals surface area (Å²) in [5.74, 6) is 0.586. The van der Waals surface area contributed by atoms with Crippen molar-refractivity contribution in [3.05, 3.63) is 70.4 Å². The Hall–Kier alpha value is -1.89. The van der Waals surface area contributed by atoms with Crippen molar-refractivity contribution < 1.29 is 9.18 Å². The van der Waals surface area contributed by atoms with Crippen LogP contribution in [0.2, 0.25) is 5.02 Å². The van der Waals surface area contributed by atoms with Gasteiger partial charge in [-0.3, -0.25) is 4.79 Å². The molecule has 2 aromatic carbocycles. The minimum Gasteiger partial charge on any atom is -0.356 e. The molecule has 27 heavy (non-hydrogen) atoms. The Balaban J connectivity index is 1.39. The third kappa shape index (κ3) is 6.06. The van der Waals surface area contributed by atoms with Gasteiger partial charge in [-0.05, 0) is 42.5 Å². The zero-order valence-corrected chi connectivity index (χ0v) is 16.8. The van der Waals surface area contributed by atoms with Crippen molar-refractivity contribution in [1.82, 2.24) is 10.3 Å². The summed E-state index contributed by atoms with van der Waals surface area (Å²) in [7, 11) is 0. The van der Waals surface area contributed by atoms with Crippen LogP contribution >= 0.6 is 34.7 Å². The molecular weight excluding hydrogens is 403 g/mol. The highest BCUT2D eigenvalue weighted by Crippen LogP contribution is 2.30. The number of thiazole rings is 1. The third-order valence-corrected chi connectivity index (χ3v) is 6.08. The molecule has 1 N–H and O–H groups in total. The van der Waals surface area contributed by atoms with E-state index in [1.165, 1.54) is 23.5 Å². The fourth-order valence-electron chi connectivity index (χ4n) is 2.39. The van der Waals surface area contributed by atoms with Crippen molar-refractivity contribution in [3.8, 4) is 10.6 Å². The Morgan fingerprint density at radius 3 is 2.74 bits per heavy atom. The van der Waals surface area contributed by atoms with Crippen LogP contribution in [-0.4, -0.2) is 23.2 Å². The van der Waals surface area contributed by atoms with E-state index in [-0.39, 0.29) is 18.1 Å². The third-order valence-electron chi connectivity index (χ3n) is 3.72. The van der Waals surface area contributed by atoms with Gasteiger partial charge in [0.05, 0.1) is 17.1 Å². The maximum Gasteiger partial charge on any atom is 0.226 e. The molecule has 1 aromatic heterocycles. The highest BCUT2D eigenvalue weighted by atomic mass is 35.5. The number of nitrogens with zero attached hydrogens (tertiary/aromatic N) is 1. The van der Waals surface area contributed by atoms with Crippen molar-refractivity contribution >= 4 is 40.6 Å². The second kappa shape index (κ2) is 9.88. The van der Waals surface area contributed by atoms with Crippen molar-refractivity contribution in [2.75, 3.05) is 12.3 Å². The van der Waals surface area contributed by atoms with Gasteiger partial charge in [0, 0.05) is 22.4 Å². The predicted molar refractivity (Wildman–Crippen MR) is 111 cm³/mol. The quantitative estimate of drug-likeness (QED) is 0.389. The van der Waals surface area contributed by atoms with Gasteiger partial charge < -0.3 is 5.32 Å². The second-order valence-corrected chi connectivity index (χ2v) is 8.24. The number of aromatic nitrogens is 1. The first kappa shape index (κ1) is 19.9. The van der Waals surface area contributed by atoms with Gasteiger partial charge in [-0.25, -0.2) is 9.37 Å². The Labute approximate surface area is 171 Å². The van der Waals surface area contributed by atoms with E-state index in [1.807, 2.05) is 29.6 Å². The monoisotopic (exact) mass is 420 g/mol. The molecule has 3 rings (SSSR count). The van der Waals surface area contributed by atoms with Crippen LogP contribution < -0.4 is 5.32 Å². The maximum atomic E-state index is 12.8. The van der Waals surface area contributed by atoms with E-state index in [1.54, 1.807) is 23.9 Å². The maximum absolute atomic E-state index is 12.8. The highest BCUT2D eigenvalue weighted by molar-refractivity contribution is 7.99. The Morgan fingerprint density at radius 1 is 1.19 bits per heavy atom. The number of carbonyl (C=O) groups is 1. The van der Waals surface area contributed by atoms with Crippen molar-refractivity contribution in [2.45, 2.75) is 17.7 Å². The molecule has 0 bridgehead atoms. The molecule has 0 atom stereocenters. The molecule has 0 saturated heterocycles. The van der Waals surface area contributed by atoms with E-state index >= 15 is 0 Å². The van der Waals surface area contributed by atoms with Gasteiger partial charge in [0.1, 0.15) is 10.8 Å². The van der Waals surface area contributed by atoms with Gasteiger partial charge in [-0.2, -0.15) is 0 Å². The van der Waals surface area contributed by atoms with E-state index in [2.05, 4.69) is 10.3 Å². The van der Waals surface area contributed by atoms with E-state index in [4.69, 9.17) is 11.6 Å². The van der Waals surface area contributed by atoms with Crippen molar-refractivity contribution in [1.29, 1.82) is 0 Å². The summed E-state index contributed by atoms with van der Waals surface area (Å²) in [6.07, 6.45) is 1.10. The van der Waals surface area contributed by atoms with Crippen LogP contribution in [0.25, 0.3) is 10.6 Å². The average Bonchev–Trinajstić information content (AvgIpc) is 3.11. The van der Waals surface area contributed by atoms with Gasteiger partial charge in [-0.1, -0.05) is 29.8 Å². The minimum absolute atomic E-state index is 0.0437. The number of rotatable bonds is 8. The standard InChI is InChI=1S/C20H18ClFN2OS2/c21-18-5-2-1-4-17(18)20-24-15(13-27-20)12-19(25)23-10-3-11-26-16-8-6-14(22)7-9-16/h1-2,4-9,13H,3,10-12H2,(H,23,25). The molecule has 0 saturated carbocycles. The average molecular weight is 421 g/mol. The summed E-state index contributed by atoms with van der Waals surface area (Å²) in [6, 6.07) is 14.0. The predicted octanol–water partition coefficient (Wildman–Crippen LogP) is 5.44. The molecule has 140 valence electrons. The Kier molecular flexibility index (Phi) is 7.26. The van der Waals surface area contributed by atoms with Gasteiger partial charge in [0.25, 0.3) is 0 Å². The topological polar surface area (TPSA) is 42.0 Å². The van der Waals surface area contributed by atoms with Gasteiger partial charge in [0.15, 0.2) is 0 Å². The first-order valence-corrected chi connectivity index (χ1v) is 10.7. The van der Waals surface area contributed by atoms with Crippen LogP contribution in [0.15, 0.2) is 58.8 Å². The summed E-state index contributed by atoms with van der Waals surface area (Å²) in [4.78, 5) is 17.6. The number of thioether (sulfide) groups is 1. The normalized spacial score (nSPS) is 10.7. The molecule has 1 heterocycles. The lowest BCUT2D eigenvalue weighted by molar-refractivity contribution is -0.120. The smallest absolute Gasteiger partial charge is 0.226 e. The molecule has 7 heteroatoms. The molecular formula is C20H18ClFN2OS2. The zero-order chi connectivity index (χ0) is 19.1. The Bertz CT molecular complexity index is 899. The van der Waals surface area contributed by atoms with Crippen LogP contribution in [0.3, 0.4) is 0 Å². The molecule has 0 aliphatic carbocycles. The minimum atomic E-state index is -0.230. The first-order chi connectivity index (χ1) is 13.1.